The van der Waals surface area contributed by atoms with Crippen LogP contribution in [0.2, 0.25) is 5.02 Å². The van der Waals surface area contributed by atoms with Crippen molar-refractivity contribution in [1.29, 1.82) is 0 Å². The van der Waals surface area contributed by atoms with Crippen molar-refractivity contribution < 1.29 is 14.0 Å². The number of hydrogen-bond donors (Lipinski definition) is 1. The first-order chi connectivity index (χ1) is 15.1. The molecule has 0 aliphatic carbocycles. The predicted molar refractivity (Wildman–Crippen MR) is 121 cm³/mol. The Labute approximate surface area is 186 Å². The average Bonchev–Trinajstić information content (AvgIpc) is 3.28. The van der Waals surface area contributed by atoms with Crippen LogP contribution in [-0.4, -0.2) is 29.8 Å². The van der Waals surface area contributed by atoms with Crippen LogP contribution < -0.4 is 5.32 Å². The number of furan rings is 1. The van der Waals surface area contributed by atoms with E-state index in [-0.39, 0.29) is 17.5 Å². The van der Waals surface area contributed by atoms with E-state index in [9.17, 15) is 9.59 Å². The summed E-state index contributed by atoms with van der Waals surface area (Å²) in [5.74, 6) is 0.509. The molecular weight excluding hydrogens is 412 g/mol. The highest BCUT2D eigenvalue weighted by Gasteiger charge is 2.23. The molecule has 158 valence electrons. The van der Waals surface area contributed by atoms with Gasteiger partial charge < -0.3 is 14.6 Å². The number of likely N-dealkylation sites (tertiary alicyclic amines) is 1. The summed E-state index contributed by atoms with van der Waals surface area (Å²) in [6.45, 7) is 1.36. The van der Waals surface area contributed by atoms with Gasteiger partial charge in [-0.15, -0.1) is 0 Å². The smallest absolute Gasteiger partial charge is 0.270 e. The number of carbonyl (C=O) groups excluding carboxylic acids is 2. The third-order valence-corrected chi connectivity index (χ3v) is 5.54. The lowest BCUT2D eigenvalue weighted by molar-refractivity contribution is -0.128. The first-order valence-corrected chi connectivity index (χ1v) is 10.7. The molecule has 5 nitrogen and oxygen atoms in total. The van der Waals surface area contributed by atoms with E-state index >= 15 is 0 Å². The van der Waals surface area contributed by atoms with Crippen molar-refractivity contribution in [3.63, 3.8) is 0 Å². The number of amides is 2. The fourth-order valence-corrected chi connectivity index (χ4v) is 3.81. The molecule has 0 radical (unpaired) electrons. The van der Waals surface area contributed by atoms with Gasteiger partial charge in [0, 0.05) is 30.3 Å². The fourth-order valence-electron chi connectivity index (χ4n) is 3.58. The molecule has 3 aromatic rings. The largest absolute Gasteiger partial charge is 0.457 e. The Balaban J connectivity index is 1.63. The Morgan fingerprint density at radius 1 is 0.903 bits per heavy atom. The normalized spacial score (nSPS) is 14.4. The summed E-state index contributed by atoms with van der Waals surface area (Å²) in [4.78, 5) is 27.7. The third-order valence-electron chi connectivity index (χ3n) is 5.21. The number of hydrogen-bond acceptors (Lipinski definition) is 3. The van der Waals surface area contributed by atoms with E-state index in [1.165, 1.54) is 0 Å². The molecule has 2 aromatic carbocycles. The Bertz CT molecular complexity index is 1100. The van der Waals surface area contributed by atoms with Gasteiger partial charge in [0.1, 0.15) is 17.2 Å². The van der Waals surface area contributed by atoms with Crippen molar-refractivity contribution in [2.24, 2.45) is 0 Å². The minimum absolute atomic E-state index is 0.191. The Hall–Kier alpha value is -3.31. The Morgan fingerprint density at radius 3 is 2.35 bits per heavy atom. The van der Waals surface area contributed by atoms with Crippen LogP contribution >= 0.6 is 11.6 Å². The lowest BCUT2D eigenvalue weighted by Crippen LogP contribution is -2.41. The van der Waals surface area contributed by atoms with Crippen LogP contribution in [0.25, 0.3) is 17.4 Å². The molecule has 0 saturated carbocycles. The van der Waals surface area contributed by atoms with Crippen molar-refractivity contribution in [3.05, 3.63) is 88.8 Å². The Morgan fingerprint density at radius 2 is 1.61 bits per heavy atom. The quantitative estimate of drug-likeness (QED) is 0.548. The van der Waals surface area contributed by atoms with Gasteiger partial charge in [-0.3, -0.25) is 9.59 Å². The summed E-state index contributed by atoms with van der Waals surface area (Å²) in [5, 5.41) is 3.36. The molecule has 1 aromatic heterocycles. The first-order valence-electron chi connectivity index (χ1n) is 10.3. The molecule has 1 fully saturated rings. The summed E-state index contributed by atoms with van der Waals surface area (Å²) in [5.41, 5.74) is 1.44. The van der Waals surface area contributed by atoms with Crippen LogP contribution in [0.4, 0.5) is 0 Å². The van der Waals surface area contributed by atoms with Crippen LogP contribution in [0, 0.1) is 0 Å². The zero-order valence-electron chi connectivity index (χ0n) is 17.0. The topological polar surface area (TPSA) is 62.6 Å². The van der Waals surface area contributed by atoms with E-state index in [1.54, 1.807) is 53.4 Å². The first kappa shape index (κ1) is 20.9. The van der Waals surface area contributed by atoms with Gasteiger partial charge in [0.25, 0.3) is 11.8 Å². The molecule has 1 aliphatic heterocycles. The van der Waals surface area contributed by atoms with Crippen LogP contribution in [0.3, 0.4) is 0 Å². The maximum Gasteiger partial charge on any atom is 0.270 e. The van der Waals surface area contributed by atoms with Crippen molar-refractivity contribution >= 4 is 29.5 Å². The lowest BCUT2D eigenvalue weighted by Gasteiger charge is -2.27. The van der Waals surface area contributed by atoms with Crippen molar-refractivity contribution in [2.75, 3.05) is 13.1 Å². The third kappa shape index (κ3) is 5.06. The predicted octanol–water partition coefficient (Wildman–Crippen LogP) is 5.38. The lowest BCUT2D eigenvalue weighted by atomic mass is 10.1. The molecule has 2 amide bonds. The Kier molecular flexibility index (Phi) is 6.53. The van der Waals surface area contributed by atoms with Gasteiger partial charge >= 0.3 is 0 Å². The van der Waals surface area contributed by atoms with E-state index in [4.69, 9.17) is 16.0 Å². The number of rotatable bonds is 5. The second-order valence-corrected chi connectivity index (χ2v) is 7.82. The molecule has 0 unspecified atom stereocenters. The molecule has 0 spiro atoms. The minimum atomic E-state index is -0.338. The molecule has 1 saturated heterocycles. The molecule has 1 aliphatic rings. The van der Waals surface area contributed by atoms with Gasteiger partial charge in [-0.1, -0.05) is 41.9 Å². The number of halogens is 1. The van der Waals surface area contributed by atoms with Gasteiger partial charge in [-0.2, -0.15) is 0 Å². The molecule has 0 bridgehead atoms. The monoisotopic (exact) mass is 434 g/mol. The van der Waals surface area contributed by atoms with E-state index in [1.807, 2.05) is 24.3 Å². The van der Waals surface area contributed by atoms with Crippen molar-refractivity contribution in [2.45, 2.75) is 19.3 Å². The average molecular weight is 435 g/mol. The molecular formula is C25H23ClN2O3. The van der Waals surface area contributed by atoms with Gasteiger partial charge in [0.2, 0.25) is 0 Å². The molecule has 6 heteroatoms. The second kappa shape index (κ2) is 9.67. The molecule has 31 heavy (non-hydrogen) atoms. The van der Waals surface area contributed by atoms with Crippen LogP contribution in [0.5, 0.6) is 0 Å². The van der Waals surface area contributed by atoms with Crippen molar-refractivity contribution in [1.82, 2.24) is 10.2 Å². The molecule has 2 heterocycles. The van der Waals surface area contributed by atoms with E-state index in [2.05, 4.69) is 5.32 Å². The maximum absolute atomic E-state index is 13.2. The van der Waals surface area contributed by atoms with Crippen LogP contribution in [0.1, 0.15) is 35.4 Å². The maximum atomic E-state index is 13.2. The van der Waals surface area contributed by atoms with Crippen molar-refractivity contribution in [3.8, 4) is 11.3 Å². The number of piperidine rings is 1. The number of nitrogens with one attached hydrogen (secondary N) is 1. The van der Waals surface area contributed by atoms with Gasteiger partial charge in [0.05, 0.1) is 5.02 Å². The minimum Gasteiger partial charge on any atom is -0.457 e. The molecule has 1 N–H and O–H groups in total. The van der Waals surface area contributed by atoms with E-state index < -0.39 is 0 Å². The highest BCUT2D eigenvalue weighted by atomic mass is 35.5. The highest BCUT2D eigenvalue weighted by Crippen LogP contribution is 2.29. The zero-order valence-corrected chi connectivity index (χ0v) is 17.8. The summed E-state index contributed by atoms with van der Waals surface area (Å²) in [6.07, 6.45) is 4.61. The summed E-state index contributed by atoms with van der Waals surface area (Å²) < 4.78 is 5.92. The van der Waals surface area contributed by atoms with E-state index in [0.717, 1.165) is 24.8 Å². The van der Waals surface area contributed by atoms with Gasteiger partial charge in [-0.25, -0.2) is 0 Å². The summed E-state index contributed by atoms with van der Waals surface area (Å²) in [6, 6.07) is 19.8. The highest BCUT2D eigenvalue weighted by molar-refractivity contribution is 6.33. The van der Waals surface area contributed by atoms with Gasteiger partial charge in [0.15, 0.2) is 0 Å². The molecule has 0 atom stereocenters. The standard InChI is InChI=1S/C25H23ClN2O3/c26-21-12-6-5-11-20(21)23-14-13-19(31-23)17-22(25(30)28-15-7-2-8-16-28)27-24(29)18-9-3-1-4-10-18/h1,3-6,9-14,17H,2,7-8,15-16H2,(H,27,29). The fraction of sp³-hybridized carbons (Fsp3) is 0.200. The summed E-state index contributed by atoms with van der Waals surface area (Å²) >= 11 is 6.27. The second-order valence-electron chi connectivity index (χ2n) is 7.41. The number of carbonyl (C=O) groups is 2. The summed E-state index contributed by atoms with van der Waals surface area (Å²) in [7, 11) is 0. The van der Waals surface area contributed by atoms with Crippen LogP contribution in [0.15, 0.2) is 76.8 Å². The van der Waals surface area contributed by atoms with E-state index in [0.29, 0.717) is 35.2 Å². The molecule has 4 rings (SSSR count). The van der Waals surface area contributed by atoms with Gasteiger partial charge in [-0.05, 0) is 55.7 Å². The van der Waals surface area contributed by atoms with Crippen LogP contribution in [-0.2, 0) is 4.79 Å². The number of nitrogens with zero attached hydrogens (tertiary/aromatic N) is 1. The number of benzene rings is 2. The SMILES string of the molecule is O=C(NC(=Cc1ccc(-c2ccccc2Cl)o1)C(=O)N1CCCCC1)c1ccccc1. The zero-order chi connectivity index (χ0) is 21.6.